The van der Waals surface area contributed by atoms with Gasteiger partial charge in [0.15, 0.2) is 5.96 Å². The lowest BCUT2D eigenvalue weighted by atomic mass is 10.1. The van der Waals surface area contributed by atoms with Crippen molar-refractivity contribution in [3.8, 4) is 0 Å². The van der Waals surface area contributed by atoms with E-state index in [0.717, 1.165) is 17.4 Å². The molecule has 1 aromatic carbocycles. The van der Waals surface area contributed by atoms with Crippen LogP contribution in [0.1, 0.15) is 36.2 Å². The van der Waals surface area contributed by atoms with Crippen LogP contribution in [0.4, 0.5) is 0 Å². The summed E-state index contributed by atoms with van der Waals surface area (Å²) < 4.78 is 0. The maximum atomic E-state index is 11.8. The van der Waals surface area contributed by atoms with Gasteiger partial charge < -0.3 is 16.0 Å². The molecule has 0 aliphatic heterocycles. The van der Waals surface area contributed by atoms with E-state index in [1.165, 1.54) is 6.42 Å². The predicted octanol–water partition coefficient (Wildman–Crippen LogP) is 2.13. The van der Waals surface area contributed by atoms with Crippen molar-refractivity contribution >= 4 is 35.8 Å². The lowest BCUT2D eigenvalue weighted by molar-refractivity contribution is 0.0955. The Bertz CT molecular complexity index is 533. The molecule has 0 aromatic heterocycles. The van der Waals surface area contributed by atoms with Gasteiger partial charge in [0.25, 0.3) is 5.91 Å². The zero-order valence-electron chi connectivity index (χ0n) is 13.3. The molecule has 122 valence electrons. The number of rotatable bonds is 5. The van der Waals surface area contributed by atoms with Crippen LogP contribution in [0.3, 0.4) is 0 Å². The molecule has 22 heavy (non-hydrogen) atoms. The van der Waals surface area contributed by atoms with Gasteiger partial charge in [0.1, 0.15) is 0 Å². The number of hydrogen-bond acceptors (Lipinski definition) is 2. The van der Waals surface area contributed by atoms with Crippen LogP contribution in [-0.2, 0) is 6.54 Å². The molecule has 1 saturated carbocycles. The number of aliphatic imine (C=N–C) groups is 1. The molecule has 1 aliphatic carbocycles. The first-order valence-corrected chi connectivity index (χ1v) is 7.48. The van der Waals surface area contributed by atoms with Crippen LogP contribution in [0, 0.1) is 5.92 Å². The highest BCUT2D eigenvalue weighted by atomic mass is 127. The molecule has 2 atom stereocenters. The number of halogens is 1. The van der Waals surface area contributed by atoms with Gasteiger partial charge in [-0.25, -0.2) is 0 Å². The van der Waals surface area contributed by atoms with Crippen molar-refractivity contribution in [3.05, 3.63) is 35.4 Å². The Morgan fingerprint density at radius 1 is 1.36 bits per heavy atom. The van der Waals surface area contributed by atoms with Crippen LogP contribution < -0.4 is 16.0 Å². The molecule has 1 fully saturated rings. The summed E-state index contributed by atoms with van der Waals surface area (Å²) in [5.74, 6) is 1.51. The summed E-state index contributed by atoms with van der Waals surface area (Å²) in [5, 5.41) is 9.47. The Morgan fingerprint density at radius 3 is 2.68 bits per heavy atom. The van der Waals surface area contributed by atoms with Crippen molar-refractivity contribution in [2.75, 3.05) is 13.6 Å². The average molecular weight is 416 g/mol. The molecule has 0 radical (unpaired) electrons. The van der Waals surface area contributed by atoms with Crippen LogP contribution in [0.15, 0.2) is 29.3 Å². The molecule has 2 unspecified atom stereocenters. The number of guanidine groups is 1. The molecule has 5 nitrogen and oxygen atoms in total. The minimum atomic E-state index is -0.0336. The van der Waals surface area contributed by atoms with Gasteiger partial charge in [0.2, 0.25) is 0 Å². The Labute approximate surface area is 149 Å². The number of carbonyl (C=O) groups is 1. The molecule has 1 amide bonds. The van der Waals surface area contributed by atoms with Crippen LogP contribution in [0.25, 0.3) is 0 Å². The van der Waals surface area contributed by atoms with E-state index in [0.29, 0.717) is 24.7 Å². The molecule has 0 saturated heterocycles. The third-order valence-electron chi connectivity index (χ3n) is 3.64. The van der Waals surface area contributed by atoms with Crippen molar-refractivity contribution in [2.24, 2.45) is 10.9 Å². The first kappa shape index (κ1) is 18.7. The number of nitrogens with zero attached hydrogens (tertiary/aromatic N) is 1. The third-order valence-corrected chi connectivity index (χ3v) is 3.64. The van der Waals surface area contributed by atoms with Gasteiger partial charge in [-0.05, 0) is 37.0 Å². The Morgan fingerprint density at radius 2 is 2.09 bits per heavy atom. The molecule has 3 N–H and O–H groups in total. The van der Waals surface area contributed by atoms with Gasteiger partial charge in [0.05, 0.1) is 0 Å². The Balaban J connectivity index is 0.00000242. The summed E-state index contributed by atoms with van der Waals surface area (Å²) >= 11 is 0. The second-order valence-corrected chi connectivity index (χ2v) is 5.45. The van der Waals surface area contributed by atoms with Gasteiger partial charge in [-0.15, -0.1) is 24.0 Å². The van der Waals surface area contributed by atoms with E-state index < -0.39 is 0 Å². The number of benzene rings is 1. The van der Waals surface area contributed by atoms with Crippen molar-refractivity contribution in [1.29, 1.82) is 0 Å². The summed E-state index contributed by atoms with van der Waals surface area (Å²) in [6.07, 6.45) is 1.20. The van der Waals surface area contributed by atoms with Crippen molar-refractivity contribution in [3.63, 3.8) is 0 Å². The SMILES string of the molecule is CCNC(=O)c1cccc(CNC(=NC)NC2CC2C)c1.I. The molecular formula is C16H25IN4O. The zero-order valence-corrected chi connectivity index (χ0v) is 15.7. The van der Waals surface area contributed by atoms with Gasteiger partial charge in [0, 0.05) is 31.7 Å². The fourth-order valence-corrected chi connectivity index (χ4v) is 2.16. The quantitative estimate of drug-likeness (QED) is 0.392. The van der Waals surface area contributed by atoms with Gasteiger partial charge in [-0.1, -0.05) is 19.1 Å². The van der Waals surface area contributed by atoms with E-state index in [2.05, 4.69) is 27.9 Å². The monoisotopic (exact) mass is 416 g/mol. The molecule has 1 aromatic rings. The maximum Gasteiger partial charge on any atom is 0.251 e. The number of amides is 1. The standard InChI is InChI=1S/C16H24N4O.HI/c1-4-18-15(21)13-7-5-6-12(9-13)10-19-16(17-3)20-14-8-11(14)2;/h5-7,9,11,14H,4,8,10H2,1-3H3,(H,18,21)(H2,17,19,20);1H. The summed E-state index contributed by atoms with van der Waals surface area (Å²) in [7, 11) is 1.77. The van der Waals surface area contributed by atoms with Crippen LogP contribution in [0.5, 0.6) is 0 Å². The van der Waals surface area contributed by atoms with Gasteiger partial charge >= 0.3 is 0 Å². The molecule has 6 heteroatoms. The highest BCUT2D eigenvalue weighted by Gasteiger charge is 2.33. The van der Waals surface area contributed by atoms with E-state index in [1.54, 1.807) is 7.05 Å². The van der Waals surface area contributed by atoms with Crippen LogP contribution in [-0.4, -0.2) is 31.5 Å². The van der Waals surface area contributed by atoms with Gasteiger partial charge in [-0.3, -0.25) is 9.79 Å². The van der Waals surface area contributed by atoms with Crippen molar-refractivity contribution in [2.45, 2.75) is 32.9 Å². The average Bonchev–Trinajstić information content (AvgIpc) is 3.19. The van der Waals surface area contributed by atoms with E-state index in [1.807, 2.05) is 31.2 Å². The number of hydrogen-bond donors (Lipinski definition) is 3. The summed E-state index contributed by atoms with van der Waals surface area (Å²) in [5.41, 5.74) is 1.75. The second kappa shape index (κ2) is 8.97. The first-order valence-electron chi connectivity index (χ1n) is 7.48. The minimum Gasteiger partial charge on any atom is -0.353 e. The van der Waals surface area contributed by atoms with E-state index in [4.69, 9.17) is 0 Å². The summed E-state index contributed by atoms with van der Waals surface area (Å²) in [4.78, 5) is 16.0. The van der Waals surface area contributed by atoms with Crippen LogP contribution in [0.2, 0.25) is 0 Å². The molecule has 0 bridgehead atoms. The highest BCUT2D eigenvalue weighted by molar-refractivity contribution is 14.0. The van der Waals surface area contributed by atoms with Crippen LogP contribution >= 0.6 is 24.0 Å². The first-order chi connectivity index (χ1) is 10.1. The smallest absolute Gasteiger partial charge is 0.251 e. The molecule has 0 heterocycles. The van der Waals surface area contributed by atoms with E-state index >= 15 is 0 Å². The molecule has 0 spiro atoms. The number of nitrogens with one attached hydrogen (secondary N) is 3. The molecule has 1 aliphatic rings. The third kappa shape index (κ3) is 5.47. The Kier molecular flexibility index (Phi) is 7.64. The van der Waals surface area contributed by atoms with Crippen molar-refractivity contribution < 1.29 is 4.79 Å². The number of carbonyl (C=O) groups excluding carboxylic acids is 1. The lowest BCUT2D eigenvalue weighted by Gasteiger charge is -2.12. The zero-order chi connectivity index (χ0) is 15.2. The summed E-state index contributed by atoms with van der Waals surface area (Å²) in [6.45, 7) is 5.42. The topological polar surface area (TPSA) is 65.5 Å². The second-order valence-electron chi connectivity index (χ2n) is 5.45. The fourth-order valence-electron chi connectivity index (χ4n) is 2.16. The normalized spacial score (nSPS) is 19.9. The maximum absolute atomic E-state index is 11.8. The summed E-state index contributed by atoms with van der Waals surface area (Å²) in [6, 6.07) is 8.18. The van der Waals surface area contributed by atoms with Gasteiger partial charge in [-0.2, -0.15) is 0 Å². The minimum absolute atomic E-state index is 0. The predicted molar refractivity (Wildman–Crippen MR) is 101 cm³/mol. The Hall–Kier alpha value is -1.31. The molecular weight excluding hydrogens is 391 g/mol. The van der Waals surface area contributed by atoms with E-state index in [9.17, 15) is 4.79 Å². The largest absolute Gasteiger partial charge is 0.353 e. The molecule has 2 rings (SSSR count). The lowest BCUT2D eigenvalue weighted by Crippen LogP contribution is -2.38. The van der Waals surface area contributed by atoms with Crippen molar-refractivity contribution in [1.82, 2.24) is 16.0 Å². The fraction of sp³-hybridized carbons (Fsp3) is 0.500. The highest BCUT2D eigenvalue weighted by Crippen LogP contribution is 2.28. The van der Waals surface area contributed by atoms with E-state index in [-0.39, 0.29) is 29.9 Å².